The standard InChI is InChI=1S/C7H17NS/c1-7(2,3)8(4)5-6-9/h9H,5-6H2,1-4H3. The van der Waals surface area contributed by atoms with Crippen molar-refractivity contribution in [2.75, 3.05) is 19.3 Å². The second kappa shape index (κ2) is 3.47. The molecule has 0 aromatic rings. The van der Waals surface area contributed by atoms with E-state index in [9.17, 15) is 0 Å². The van der Waals surface area contributed by atoms with Gasteiger partial charge in [0.2, 0.25) is 0 Å². The zero-order chi connectivity index (χ0) is 7.49. The molecule has 2 heteroatoms. The van der Waals surface area contributed by atoms with Crippen molar-refractivity contribution in [3.63, 3.8) is 0 Å². The maximum Gasteiger partial charge on any atom is 0.0122 e. The van der Waals surface area contributed by atoms with Crippen LogP contribution in [0, 0.1) is 0 Å². The summed E-state index contributed by atoms with van der Waals surface area (Å²) in [6.07, 6.45) is 0. The lowest BCUT2D eigenvalue weighted by Gasteiger charge is -2.31. The summed E-state index contributed by atoms with van der Waals surface area (Å²) in [5.74, 6) is 0.938. The summed E-state index contributed by atoms with van der Waals surface area (Å²) in [4.78, 5) is 2.29. The minimum Gasteiger partial charge on any atom is -0.301 e. The minimum atomic E-state index is 0.294. The third kappa shape index (κ3) is 3.82. The molecule has 0 saturated heterocycles. The Labute approximate surface area is 63.8 Å². The molecule has 9 heavy (non-hydrogen) atoms. The molecular weight excluding hydrogens is 130 g/mol. The molecule has 1 nitrogen and oxygen atoms in total. The molecule has 56 valence electrons. The van der Waals surface area contributed by atoms with Gasteiger partial charge in [0, 0.05) is 17.8 Å². The quantitative estimate of drug-likeness (QED) is 0.581. The Morgan fingerprint density at radius 2 is 1.78 bits per heavy atom. The Bertz CT molecular complexity index is 75.5. The Hall–Kier alpha value is 0.310. The zero-order valence-electron chi connectivity index (χ0n) is 6.81. The average Bonchev–Trinajstić information content (AvgIpc) is 1.64. The number of hydrogen-bond acceptors (Lipinski definition) is 2. The van der Waals surface area contributed by atoms with Gasteiger partial charge in [-0.05, 0) is 27.8 Å². The summed E-state index contributed by atoms with van der Waals surface area (Å²) in [5, 5.41) is 0. The van der Waals surface area contributed by atoms with E-state index in [0.29, 0.717) is 5.54 Å². The normalized spacial score (nSPS) is 12.7. The highest BCUT2D eigenvalue weighted by atomic mass is 32.1. The van der Waals surface area contributed by atoms with Gasteiger partial charge in [0.1, 0.15) is 0 Å². The third-order valence-corrected chi connectivity index (χ3v) is 1.78. The molecule has 0 heterocycles. The number of hydrogen-bond donors (Lipinski definition) is 1. The van der Waals surface area contributed by atoms with E-state index in [0.717, 1.165) is 12.3 Å². The summed E-state index contributed by atoms with van der Waals surface area (Å²) < 4.78 is 0. The molecule has 0 aromatic heterocycles. The fourth-order valence-corrected chi connectivity index (χ4v) is 0.785. The molecule has 0 aliphatic carbocycles. The molecular formula is C7H17NS. The van der Waals surface area contributed by atoms with Crippen LogP contribution >= 0.6 is 12.6 Å². The molecule has 0 amide bonds. The summed E-state index contributed by atoms with van der Waals surface area (Å²) in [6, 6.07) is 0. The molecule has 0 unspecified atom stereocenters. The van der Waals surface area contributed by atoms with Crippen molar-refractivity contribution in [3.8, 4) is 0 Å². The van der Waals surface area contributed by atoms with E-state index in [4.69, 9.17) is 0 Å². The Kier molecular flexibility index (Phi) is 3.59. The first-order chi connectivity index (χ1) is 3.98. The lowest BCUT2D eigenvalue weighted by Crippen LogP contribution is -2.39. The van der Waals surface area contributed by atoms with Crippen molar-refractivity contribution in [2.24, 2.45) is 0 Å². The molecule has 0 atom stereocenters. The molecule has 0 radical (unpaired) electrons. The highest BCUT2D eigenvalue weighted by Gasteiger charge is 2.14. The molecule has 0 saturated carbocycles. The van der Waals surface area contributed by atoms with Gasteiger partial charge in [-0.15, -0.1) is 0 Å². The maximum absolute atomic E-state index is 4.15. The van der Waals surface area contributed by atoms with Crippen molar-refractivity contribution in [1.29, 1.82) is 0 Å². The van der Waals surface area contributed by atoms with Gasteiger partial charge in [0.15, 0.2) is 0 Å². The third-order valence-electron chi connectivity index (χ3n) is 1.58. The van der Waals surface area contributed by atoms with Gasteiger partial charge in [-0.3, -0.25) is 0 Å². The average molecular weight is 147 g/mol. The second-order valence-corrected chi connectivity index (χ2v) is 3.76. The van der Waals surface area contributed by atoms with Gasteiger partial charge in [-0.25, -0.2) is 0 Å². The molecule has 0 N–H and O–H groups in total. The van der Waals surface area contributed by atoms with Crippen molar-refractivity contribution in [3.05, 3.63) is 0 Å². The number of thiol groups is 1. The lowest BCUT2D eigenvalue weighted by atomic mass is 10.1. The summed E-state index contributed by atoms with van der Waals surface area (Å²) in [6.45, 7) is 7.68. The van der Waals surface area contributed by atoms with Gasteiger partial charge in [0.05, 0.1) is 0 Å². The first kappa shape index (κ1) is 9.31. The highest BCUT2D eigenvalue weighted by molar-refractivity contribution is 7.80. The van der Waals surface area contributed by atoms with Crippen LogP contribution in [0.5, 0.6) is 0 Å². The van der Waals surface area contributed by atoms with E-state index in [1.807, 2.05) is 0 Å². The van der Waals surface area contributed by atoms with E-state index in [1.54, 1.807) is 0 Å². The smallest absolute Gasteiger partial charge is 0.0122 e. The fourth-order valence-electron chi connectivity index (χ4n) is 0.485. The van der Waals surface area contributed by atoms with Gasteiger partial charge < -0.3 is 4.90 Å². The van der Waals surface area contributed by atoms with Crippen LogP contribution in [0.4, 0.5) is 0 Å². The van der Waals surface area contributed by atoms with E-state index in [-0.39, 0.29) is 0 Å². The Morgan fingerprint density at radius 1 is 1.33 bits per heavy atom. The first-order valence-electron chi connectivity index (χ1n) is 3.30. The second-order valence-electron chi connectivity index (χ2n) is 3.32. The van der Waals surface area contributed by atoms with E-state index in [1.165, 1.54) is 0 Å². The number of rotatable bonds is 2. The van der Waals surface area contributed by atoms with E-state index < -0.39 is 0 Å². The Morgan fingerprint density at radius 3 is 1.89 bits per heavy atom. The predicted octanol–water partition coefficient (Wildman–Crippen LogP) is 1.65. The zero-order valence-corrected chi connectivity index (χ0v) is 7.70. The minimum absolute atomic E-state index is 0.294. The first-order valence-corrected chi connectivity index (χ1v) is 3.94. The topological polar surface area (TPSA) is 3.24 Å². The highest BCUT2D eigenvalue weighted by Crippen LogP contribution is 2.09. The molecule has 0 aliphatic rings. The number of nitrogens with zero attached hydrogens (tertiary/aromatic N) is 1. The molecule has 0 fully saturated rings. The summed E-state index contributed by atoms with van der Waals surface area (Å²) in [7, 11) is 2.12. The monoisotopic (exact) mass is 147 g/mol. The summed E-state index contributed by atoms with van der Waals surface area (Å²) >= 11 is 4.15. The van der Waals surface area contributed by atoms with Crippen LogP contribution in [0.25, 0.3) is 0 Å². The van der Waals surface area contributed by atoms with Crippen LogP contribution in [0.3, 0.4) is 0 Å². The van der Waals surface area contributed by atoms with Crippen LogP contribution < -0.4 is 0 Å². The van der Waals surface area contributed by atoms with Crippen molar-refractivity contribution >= 4 is 12.6 Å². The molecule has 0 bridgehead atoms. The van der Waals surface area contributed by atoms with E-state index in [2.05, 4.69) is 45.3 Å². The van der Waals surface area contributed by atoms with Crippen molar-refractivity contribution < 1.29 is 0 Å². The maximum atomic E-state index is 4.15. The van der Waals surface area contributed by atoms with Gasteiger partial charge in [-0.2, -0.15) is 12.6 Å². The van der Waals surface area contributed by atoms with Crippen LogP contribution in [0.2, 0.25) is 0 Å². The molecule has 0 spiro atoms. The molecule has 0 rings (SSSR count). The summed E-state index contributed by atoms with van der Waals surface area (Å²) in [5.41, 5.74) is 0.294. The Balaban J connectivity index is 3.59. The largest absolute Gasteiger partial charge is 0.301 e. The van der Waals surface area contributed by atoms with Crippen molar-refractivity contribution in [2.45, 2.75) is 26.3 Å². The van der Waals surface area contributed by atoms with Crippen LogP contribution in [-0.2, 0) is 0 Å². The van der Waals surface area contributed by atoms with E-state index >= 15 is 0 Å². The van der Waals surface area contributed by atoms with Crippen molar-refractivity contribution in [1.82, 2.24) is 4.90 Å². The van der Waals surface area contributed by atoms with Gasteiger partial charge in [-0.1, -0.05) is 0 Å². The molecule has 0 aromatic carbocycles. The van der Waals surface area contributed by atoms with Gasteiger partial charge in [0.25, 0.3) is 0 Å². The predicted molar refractivity (Wildman–Crippen MR) is 46.2 cm³/mol. The van der Waals surface area contributed by atoms with Crippen LogP contribution in [-0.4, -0.2) is 29.8 Å². The lowest BCUT2D eigenvalue weighted by molar-refractivity contribution is 0.187. The van der Waals surface area contributed by atoms with Crippen LogP contribution in [0.1, 0.15) is 20.8 Å². The SMILES string of the molecule is CN(CCS)C(C)(C)C. The van der Waals surface area contributed by atoms with Crippen LogP contribution in [0.15, 0.2) is 0 Å². The molecule has 0 aliphatic heterocycles. The van der Waals surface area contributed by atoms with Gasteiger partial charge >= 0.3 is 0 Å². The fraction of sp³-hybridized carbons (Fsp3) is 1.00.